The highest BCUT2D eigenvalue weighted by Crippen LogP contribution is 2.21. The van der Waals surface area contributed by atoms with Crippen LogP contribution in [0.4, 0.5) is 0 Å². The Morgan fingerprint density at radius 3 is 2.95 bits per heavy atom. The summed E-state index contributed by atoms with van der Waals surface area (Å²) in [6.07, 6.45) is 0. The fourth-order valence-electron chi connectivity index (χ4n) is 2.10. The van der Waals surface area contributed by atoms with Crippen LogP contribution in [-0.2, 0) is 16.1 Å². The summed E-state index contributed by atoms with van der Waals surface area (Å²) in [4.78, 5) is 24.2. The minimum atomic E-state index is -0.941. The van der Waals surface area contributed by atoms with Crippen molar-refractivity contribution in [2.24, 2.45) is 0 Å². The first-order chi connectivity index (χ1) is 8.97. The highest BCUT2D eigenvalue weighted by Gasteiger charge is 2.31. The van der Waals surface area contributed by atoms with Crippen molar-refractivity contribution in [2.45, 2.75) is 19.5 Å². The van der Waals surface area contributed by atoms with E-state index >= 15 is 0 Å². The van der Waals surface area contributed by atoms with E-state index in [0.29, 0.717) is 11.6 Å². The van der Waals surface area contributed by atoms with Crippen LogP contribution in [0.2, 0.25) is 5.02 Å². The van der Waals surface area contributed by atoms with Crippen LogP contribution in [0.15, 0.2) is 18.2 Å². The molecule has 19 heavy (non-hydrogen) atoms. The molecule has 102 valence electrons. The van der Waals surface area contributed by atoms with Gasteiger partial charge >= 0.3 is 5.97 Å². The molecule has 1 fully saturated rings. The number of carbonyl (C=O) groups excluding carboxylic acids is 1. The van der Waals surface area contributed by atoms with E-state index in [9.17, 15) is 9.59 Å². The van der Waals surface area contributed by atoms with Crippen molar-refractivity contribution < 1.29 is 14.7 Å². The zero-order valence-electron chi connectivity index (χ0n) is 10.5. The van der Waals surface area contributed by atoms with E-state index in [1.165, 1.54) is 0 Å². The van der Waals surface area contributed by atoms with Gasteiger partial charge in [-0.15, -0.1) is 0 Å². The number of nitrogens with one attached hydrogen (secondary N) is 1. The second-order valence-electron chi connectivity index (χ2n) is 4.66. The molecule has 0 bridgehead atoms. The quantitative estimate of drug-likeness (QED) is 0.869. The van der Waals surface area contributed by atoms with Crippen molar-refractivity contribution in [3.8, 4) is 0 Å². The Morgan fingerprint density at radius 1 is 1.58 bits per heavy atom. The topological polar surface area (TPSA) is 69.6 Å². The number of carboxylic acid groups (broad SMARTS) is 1. The zero-order valence-corrected chi connectivity index (χ0v) is 11.3. The van der Waals surface area contributed by atoms with Crippen molar-refractivity contribution in [1.29, 1.82) is 0 Å². The summed E-state index contributed by atoms with van der Waals surface area (Å²) in [7, 11) is 0. The third kappa shape index (κ3) is 3.24. The lowest BCUT2D eigenvalue weighted by Gasteiger charge is -2.32. The largest absolute Gasteiger partial charge is 0.480 e. The molecular weight excluding hydrogens is 268 g/mol. The zero-order chi connectivity index (χ0) is 14.0. The van der Waals surface area contributed by atoms with Crippen molar-refractivity contribution >= 4 is 23.5 Å². The van der Waals surface area contributed by atoms with E-state index in [0.717, 1.165) is 11.1 Å². The van der Waals surface area contributed by atoms with Crippen molar-refractivity contribution in [1.82, 2.24) is 10.2 Å². The molecule has 1 atom stereocenters. The van der Waals surface area contributed by atoms with Crippen LogP contribution >= 0.6 is 11.6 Å². The molecule has 0 saturated carbocycles. The Hall–Kier alpha value is -1.59. The highest BCUT2D eigenvalue weighted by atomic mass is 35.5. The molecule has 1 aromatic carbocycles. The van der Waals surface area contributed by atoms with Gasteiger partial charge in [0.2, 0.25) is 5.91 Å². The third-order valence-corrected chi connectivity index (χ3v) is 3.50. The van der Waals surface area contributed by atoms with Gasteiger partial charge in [-0.25, -0.2) is 0 Å². The summed E-state index contributed by atoms with van der Waals surface area (Å²) in [6.45, 7) is 2.48. The van der Waals surface area contributed by atoms with Gasteiger partial charge in [-0.05, 0) is 24.1 Å². The molecule has 0 aromatic heterocycles. The number of piperazine rings is 1. The van der Waals surface area contributed by atoms with Crippen LogP contribution in [0, 0.1) is 6.92 Å². The second kappa shape index (κ2) is 5.59. The summed E-state index contributed by atoms with van der Waals surface area (Å²) >= 11 is 6.14. The van der Waals surface area contributed by atoms with Gasteiger partial charge < -0.3 is 10.4 Å². The molecule has 1 saturated heterocycles. The third-order valence-electron chi connectivity index (χ3n) is 3.15. The lowest BCUT2D eigenvalue weighted by atomic mass is 10.1. The molecule has 1 amide bonds. The molecule has 0 aliphatic carbocycles. The van der Waals surface area contributed by atoms with E-state index in [1.54, 1.807) is 4.90 Å². The molecule has 1 aromatic rings. The highest BCUT2D eigenvalue weighted by molar-refractivity contribution is 6.31. The van der Waals surface area contributed by atoms with Crippen molar-refractivity contribution in [3.05, 3.63) is 34.3 Å². The maximum Gasteiger partial charge on any atom is 0.322 e. The maximum atomic E-state index is 11.4. The second-order valence-corrected chi connectivity index (χ2v) is 5.07. The van der Waals surface area contributed by atoms with Gasteiger partial charge in [-0.3, -0.25) is 14.5 Å². The molecule has 1 aliphatic heterocycles. The van der Waals surface area contributed by atoms with Gasteiger partial charge in [0.05, 0.1) is 6.54 Å². The normalized spacial score (nSPS) is 20.1. The molecule has 0 spiro atoms. The first-order valence-electron chi connectivity index (χ1n) is 5.96. The molecule has 5 nitrogen and oxygen atoms in total. The molecule has 2 rings (SSSR count). The SMILES string of the molecule is Cc1ccc(CN2CC(=O)NCC2C(=O)O)c(Cl)c1. The minimum absolute atomic E-state index is 0.0706. The summed E-state index contributed by atoms with van der Waals surface area (Å²) < 4.78 is 0. The van der Waals surface area contributed by atoms with Crippen LogP contribution < -0.4 is 5.32 Å². The number of aliphatic carboxylic acids is 1. The average molecular weight is 283 g/mol. The van der Waals surface area contributed by atoms with Crippen LogP contribution in [0.5, 0.6) is 0 Å². The molecule has 0 radical (unpaired) electrons. The van der Waals surface area contributed by atoms with Crippen molar-refractivity contribution in [3.63, 3.8) is 0 Å². The van der Waals surface area contributed by atoms with Gasteiger partial charge in [0.25, 0.3) is 0 Å². The van der Waals surface area contributed by atoms with Crippen LogP contribution in [0.1, 0.15) is 11.1 Å². The number of carbonyl (C=O) groups is 2. The summed E-state index contributed by atoms with van der Waals surface area (Å²) in [5, 5.41) is 12.3. The number of aryl methyl sites for hydroxylation is 1. The Balaban J connectivity index is 2.18. The van der Waals surface area contributed by atoms with Gasteiger partial charge in [-0.2, -0.15) is 0 Å². The number of carboxylic acids is 1. The number of rotatable bonds is 3. The maximum absolute atomic E-state index is 11.4. The monoisotopic (exact) mass is 282 g/mol. The predicted molar refractivity (Wildman–Crippen MR) is 71.0 cm³/mol. The van der Waals surface area contributed by atoms with Gasteiger partial charge in [0.1, 0.15) is 6.04 Å². The van der Waals surface area contributed by atoms with Crippen LogP contribution in [0.25, 0.3) is 0 Å². The van der Waals surface area contributed by atoms with E-state index in [4.69, 9.17) is 16.7 Å². The number of hydrogen-bond acceptors (Lipinski definition) is 3. The Bertz CT molecular complexity index is 519. The first-order valence-corrected chi connectivity index (χ1v) is 6.34. The predicted octanol–water partition coefficient (Wildman–Crippen LogP) is 1.03. The number of nitrogens with zero attached hydrogens (tertiary/aromatic N) is 1. The summed E-state index contributed by atoms with van der Waals surface area (Å²) in [5.74, 6) is -1.11. The fraction of sp³-hybridized carbons (Fsp3) is 0.385. The van der Waals surface area contributed by atoms with E-state index < -0.39 is 12.0 Å². The summed E-state index contributed by atoms with van der Waals surface area (Å²) in [6, 6.07) is 4.90. The standard InChI is InChI=1S/C13H15ClN2O3/c1-8-2-3-9(10(14)4-8)6-16-7-12(17)15-5-11(16)13(18)19/h2-4,11H,5-7H2,1H3,(H,15,17)(H,18,19). The molecule has 6 heteroatoms. The smallest absolute Gasteiger partial charge is 0.322 e. The van der Waals surface area contributed by atoms with E-state index in [1.807, 2.05) is 25.1 Å². The Morgan fingerprint density at radius 2 is 2.32 bits per heavy atom. The Labute approximate surface area is 116 Å². The van der Waals surface area contributed by atoms with Crippen molar-refractivity contribution in [2.75, 3.05) is 13.1 Å². The molecule has 1 aliphatic rings. The first kappa shape index (κ1) is 13.8. The lowest BCUT2D eigenvalue weighted by molar-refractivity contribution is -0.146. The van der Waals surface area contributed by atoms with E-state index in [-0.39, 0.29) is 19.0 Å². The van der Waals surface area contributed by atoms with Gasteiger partial charge in [-0.1, -0.05) is 23.7 Å². The molecular formula is C13H15ClN2O3. The molecule has 2 N–H and O–H groups in total. The van der Waals surface area contributed by atoms with Gasteiger partial charge in [0, 0.05) is 18.1 Å². The number of benzene rings is 1. The van der Waals surface area contributed by atoms with Crippen LogP contribution in [-0.4, -0.2) is 41.0 Å². The van der Waals surface area contributed by atoms with Crippen LogP contribution in [0.3, 0.4) is 0 Å². The summed E-state index contributed by atoms with van der Waals surface area (Å²) in [5.41, 5.74) is 1.87. The number of halogens is 1. The molecule has 1 heterocycles. The molecule has 1 unspecified atom stereocenters. The minimum Gasteiger partial charge on any atom is -0.480 e. The number of amides is 1. The Kier molecular flexibility index (Phi) is 4.07. The number of hydrogen-bond donors (Lipinski definition) is 2. The van der Waals surface area contributed by atoms with Gasteiger partial charge in [0.15, 0.2) is 0 Å². The average Bonchev–Trinajstić information content (AvgIpc) is 2.32. The fourth-order valence-corrected chi connectivity index (χ4v) is 2.39. The van der Waals surface area contributed by atoms with E-state index in [2.05, 4.69) is 5.32 Å². The lowest BCUT2D eigenvalue weighted by Crippen LogP contribution is -2.56.